The van der Waals surface area contributed by atoms with E-state index in [4.69, 9.17) is 18.9 Å². The first-order chi connectivity index (χ1) is 26.4. The van der Waals surface area contributed by atoms with E-state index in [9.17, 15) is 25.2 Å². The van der Waals surface area contributed by atoms with Crippen molar-refractivity contribution in [2.45, 2.75) is 230 Å². The molecule has 1 fully saturated rings. The highest BCUT2D eigenvalue weighted by molar-refractivity contribution is 5.69. The largest absolute Gasteiger partial charge is 0.457 e. The number of carbonyl (C=O) groups excluding carboxylic acids is 1. The topological polar surface area (TPSA) is 135 Å². The average Bonchev–Trinajstić information content (AvgIpc) is 3.17. The molecule has 0 aliphatic carbocycles. The second-order valence-corrected chi connectivity index (χ2v) is 15.5. The molecule has 0 amide bonds. The number of unbranched alkanes of at least 4 members (excludes halogenated alkanes) is 23. The molecular formula is C45H84O9. The van der Waals surface area contributed by atoms with Crippen molar-refractivity contribution in [2.24, 2.45) is 0 Å². The molecule has 1 aliphatic heterocycles. The van der Waals surface area contributed by atoms with Crippen LogP contribution in [-0.4, -0.2) is 89.6 Å². The van der Waals surface area contributed by atoms with Crippen LogP contribution in [0.15, 0.2) is 24.3 Å². The highest BCUT2D eigenvalue weighted by Crippen LogP contribution is 2.22. The summed E-state index contributed by atoms with van der Waals surface area (Å²) >= 11 is 0. The molecule has 0 bridgehead atoms. The molecule has 6 atom stereocenters. The zero-order valence-corrected chi connectivity index (χ0v) is 34.7. The Balaban J connectivity index is 2.28. The van der Waals surface area contributed by atoms with Gasteiger partial charge in [0, 0.05) is 13.0 Å². The molecule has 6 unspecified atom stereocenters. The molecule has 0 saturated carbocycles. The average molecular weight is 769 g/mol. The normalized spacial score (nSPS) is 21.0. The fourth-order valence-corrected chi connectivity index (χ4v) is 6.82. The molecule has 4 N–H and O–H groups in total. The van der Waals surface area contributed by atoms with Gasteiger partial charge >= 0.3 is 5.97 Å². The molecule has 0 aromatic carbocycles. The van der Waals surface area contributed by atoms with Crippen LogP contribution in [0.1, 0.15) is 194 Å². The van der Waals surface area contributed by atoms with E-state index >= 15 is 0 Å². The van der Waals surface area contributed by atoms with Crippen molar-refractivity contribution in [2.75, 3.05) is 26.4 Å². The quantitative estimate of drug-likeness (QED) is 0.0275. The van der Waals surface area contributed by atoms with Crippen LogP contribution in [0.2, 0.25) is 0 Å². The van der Waals surface area contributed by atoms with E-state index in [0.717, 1.165) is 57.8 Å². The van der Waals surface area contributed by atoms with Crippen molar-refractivity contribution in [3.8, 4) is 0 Å². The number of allylic oxidation sites excluding steroid dienone is 4. The van der Waals surface area contributed by atoms with Crippen molar-refractivity contribution in [1.29, 1.82) is 0 Å². The Morgan fingerprint density at radius 1 is 0.593 bits per heavy atom. The van der Waals surface area contributed by atoms with Crippen LogP contribution in [0.25, 0.3) is 0 Å². The van der Waals surface area contributed by atoms with Crippen molar-refractivity contribution >= 4 is 5.97 Å². The lowest BCUT2D eigenvalue weighted by Crippen LogP contribution is -2.59. The zero-order chi connectivity index (χ0) is 39.3. The molecule has 1 rings (SSSR count). The standard InChI is InChI=1S/C45H84O9/c1-3-5-7-9-11-13-15-17-19-20-22-24-26-28-30-32-34-41(47)53-39(38-52-45-44(50)43(49)42(48)40(36-46)54-45)37-51-35-33-31-29-27-25-23-21-18-16-14-12-10-8-6-4-2/h13,15,19-20,39-40,42-46,48-50H,3-12,14,16-18,21-38H2,1-2H3/b15-13-,20-19-. The van der Waals surface area contributed by atoms with Crippen LogP contribution in [0, 0.1) is 0 Å². The van der Waals surface area contributed by atoms with Gasteiger partial charge in [0.15, 0.2) is 6.29 Å². The minimum atomic E-state index is -1.54. The predicted octanol–water partition coefficient (Wildman–Crippen LogP) is 9.81. The maximum absolute atomic E-state index is 12.8. The number of esters is 1. The predicted molar refractivity (Wildman–Crippen MR) is 219 cm³/mol. The molecule has 1 aliphatic rings. The Morgan fingerprint density at radius 3 is 1.61 bits per heavy atom. The van der Waals surface area contributed by atoms with E-state index in [1.165, 1.54) is 116 Å². The highest BCUT2D eigenvalue weighted by atomic mass is 16.7. The highest BCUT2D eigenvalue weighted by Gasteiger charge is 2.44. The SMILES string of the molecule is CCCCCC/C=C\C/C=C\CCCCCCCC(=O)OC(COCCCCCCCCCCCCCCCCC)COC1OC(CO)C(O)C(O)C1O. The number of rotatable bonds is 38. The number of hydrogen-bond donors (Lipinski definition) is 4. The van der Waals surface area contributed by atoms with Gasteiger partial charge in [-0.15, -0.1) is 0 Å². The maximum Gasteiger partial charge on any atom is 0.306 e. The molecule has 0 aromatic heterocycles. The Bertz CT molecular complexity index is 879. The molecular weight excluding hydrogens is 684 g/mol. The Hall–Kier alpha value is -1.33. The summed E-state index contributed by atoms with van der Waals surface area (Å²) in [6.07, 6.45) is 34.8. The summed E-state index contributed by atoms with van der Waals surface area (Å²) in [5.41, 5.74) is 0. The molecule has 9 heteroatoms. The second-order valence-electron chi connectivity index (χ2n) is 15.5. The van der Waals surface area contributed by atoms with Gasteiger partial charge in [-0.05, 0) is 44.9 Å². The first kappa shape index (κ1) is 50.7. The van der Waals surface area contributed by atoms with E-state index in [-0.39, 0.29) is 19.2 Å². The Kier molecular flexibility index (Phi) is 35.0. The minimum Gasteiger partial charge on any atom is -0.457 e. The summed E-state index contributed by atoms with van der Waals surface area (Å²) in [5.74, 6) is -0.325. The number of hydrogen-bond acceptors (Lipinski definition) is 9. The van der Waals surface area contributed by atoms with E-state index in [1.54, 1.807) is 0 Å². The van der Waals surface area contributed by atoms with Gasteiger partial charge in [0.1, 0.15) is 30.5 Å². The zero-order valence-electron chi connectivity index (χ0n) is 34.7. The van der Waals surface area contributed by atoms with E-state index in [2.05, 4.69) is 38.2 Å². The minimum absolute atomic E-state index is 0.116. The van der Waals surface area contributed by atoms with Gasteiger partial charge in [0.2, 0.25) is 0 Å². The first-order valence-corrected chi connectivity index (χ1v) is 22.4. The van der Waals surface area contributed by atoms with E-state index in [1.807, 2.05) is 0 Å². The fourth-order valence-electron chi connectivity index (χ4n) is 6.82. The maximum atomic E-state index is 12.8. The molecule has 0 radical (unpaired) electrons. The second kappa shape index (κ2) is 37.3. The van der Waals surface area contributed by atoms with Gasteiger partial charge in [-0.1, -0.05) is 167 Å². The van der Waals surface area contributed by atoms with Crippen LogP contribution in [0.3, 0.4) is 0 Å². The van der Waals surface area contributed by atoms with Crippen molar-refractivity contribution in [3.63, 3.8) is 0 Å². The van der Waals surface area contributed by atoms with Crippen molar-refractivity contribution in [1.82, 2.24) is 0 Å². The van der Waals surface area contributed by atoms with Gasteiger partial charge < -0.3 is 39.4 Å². The number of aliphatic hydroxyl groups excluding tert-OH is 4. The molecule has 54 heavy (non-hydrogen) atoms. The first-order valence-electron chi connectivity index (χ1n) is 22.4. The van der Waals surface area contributed by atoms with Crippen LogP contribution in [-0.2, 0) is 23.7 Å². The van der Waals surface area contributed by atoms with Gasteiger partial charge in [-0.3, -0.25) is 4.79 Å². The third-order valence-electron chi connectivity index (χ3n) is 10.4. The third kappa shape index (κ3) is 28.1. The van der Waals surface area contributed by atoms with Crippen LogP contribution in [0.5, 0.6) is 0 Å². The summed E-state index contributed by atoms with van der Waals surface area (Å²) < 4.78 is 22.8. The number of ether oxygens (including phenoxy) is 4. The lowest BCUT2D eigenvalue weighted by Gasteiger charge is -2.39. The van der Waals surface area contributed by atoms with Gasteiger partial charge in [0.25, 0.3) is 0 Å². The molecule has 0 spiro atoms. The number of carbonyl (C=O) groups is 1. The molecule has 0 aromatic rings. The Morgan fingerprint density at radius 2 is 1.07 bits per heavy atom. The van der Waals surface area contributed by atoms with Crippen LogP contribution >= 0.6 is 0 Å². The Labute approximate surface area is 330 Å². The van der Waals surface area contributed by atoms with Crippen LogP contribution in [0.4, 0.5) is 0 Å². The monoisotopic (exact) mass is 769 g/mol. The summed E-state index contributed by atoms with van der Waals surface area (Å²) in [4.78, 5) is 12.8. The van der Waals surface area contributed by atoms with E-state index < -0.39 is 43.4 Å². The van der Waals surface area contributed by atoms with Crippen LogP contribution < -0.4 is 0 Å². The fraction of sp³-hybridized carbons (Fsp3) is 0.889. The summed E-state index contributed by atoms with van der Waals surface area (Å²) in [6.45, 7) is 4.55. The smallest absolute Gasteiger partial charge is 0.306 e. The van der Waals surface area contributed by atoms with E-state index in [0.29, 0.717) is 13.0 Å². The molecule has 1 heterocycles. The molecule has 318 valence electrons. The number of aliphatic hydroxyl groups is 4. The van der Waals surface area contributed by atoms with Crippen molar-refractivity contribution in [3.05, 3.63) is 24.3 Å². The lowest BCUT2D eigenvalue weighted by molar-refractivity contribution is -0.305. The molecule has 9 nitrogen and oxygen atoms in total. The summed E-state index contributed by atoms with van der Waals surface area (Å²) in [6, 6.07) is 0. The van der Waals surface area contributed by atoms with Gasteiger partial charge in [-0.2, -0.15) is 0 Å². The third-order valence-corrected chi connectivity index (χ3v) is 10.4. The van der Waals surface area contributed by atoms with Gasteiger partial charge in [-0.25, -0.2) is 0 Å². The van der Waals surface area contributed by atoms with Crippen molar-refractivity contribution < 1.29 is 44.2 Å². The lowest BCUT2D eigenvalue weighted by atomic mass is 9.99. The van der Waals surface area contributed by atoms with Gasteiger partial charge in [0.05, 0.1) is 19.8 Å². The summed E-state index contributed by atoms with van der Waals surface area (Å²) in [5, 5.41) is 40.1. The molecule has 1 saturated heterocycles. The summed E-state index contributed by atoms with van der Waals surface area (Å²) in [7, 11) is 0.